The fourth-order valence-corrected chi connectivity index (χ4v) is 6.35. The minimum atomic E-state index is -0.349. The van der Waals surface area contributed by atoms with E-state index in [2.05, 4.69) is 0 Å². The Kier molecular flexibility index (Phi) is 5.17. The Morgan fingerprint density at radius 3 is 1.78 bits per heavy atom. The van der Waals surface area contributed by atoms with Gasteiger partial charge in [0.25, 0.3) is 0 Å². The lowest BCUT2D eigenvalue weighted by Crippen LogP contribution is -2.00. The van der Waals surface area contributed by atoms with E-state index < -0.39 is 0 Å². The molecule has 0 unspecified atom stereocenters. The van der Waals surface area contributed by atoms with Crippen LogP contribution in [-0.2, 0) is 0 Å². The maximum Gasteiger partial charge on any atom is 0.167 e. The molecule has 3 aromatic heterocycles. The maximum atomic E-state index is 9.43. The zero-order valence-electron chi connectivity index (χ0n) is 32.3. The van der Waals surface area contributed by atoms with Crippen molar-refractivity contribution >= 4 is 43.9 Å². The van der Waals surface area contributed by atoms with Crippen molar-refractivity contribution in [1.82, 2.24) is 15.0 Å². The molecular formula is C45H27N3O2. The third-order valence-corrected chi connectivity index (χ3v) is 8.83. The summed E-state index contributed by atoms with van der Waals surface area (Å²) in [4.78, 5) is 14.4. The van der Waals surface area contributed by atoms with Crippen molar-refractivity contribution in [1.29, 1.82) is 0 Å². The van der Waals surface area contributed by atoms with Gasteiger partial charge in [-0.3, -0.25) is 0 Å². The molecule has 0 radical (unpaired) electrons. The second-order valence-electron chi connectivity index (χ2n) is 11.9. The van der Waals surface area contributed by atoms with Crippen LogP contribution in [0.5, 0.6) is 0 Å². The Bertz CT molecular complexity index is 3200. The molecule has 10 rings (SSSR count). The molecule has 7 aromatic carbocycles. The molecule has 3 heterocycles. The number of para-hydroxylation sites is 2. The predicted molar refractivity (Wildman–Crippen MR) is 202 cm³/mol. The minimum Gasteiger partial charge on any atom is -0.456 e. The summed E-state index contributed by atoms with van der Waals surface area (Å²) in [5, 5.41) is 1.95. The van der Waals surface area contributed by atoms with E-state index in [4.69, 9.17) is 26.5 Å². The van der Waals surface area contributed by atoms with Gasteiger partial charge in [-0.05, 0) is 58.6 Å². The molecular weight excluding hydrogens is 615 g/mol. The van der Waals surface area contributed by atoms with Crippen molar-refractivity contribution in [2.24, 2.45) is 0 Å². The van der Waals surface area contributed by atoms with Crippen LogP contribution in [0.15, 0.2) is 172 Å². The van der Waals surface area contributed by atoms with Crippen molar-refractivity contribution in [2.45, 2.75) is 0 Å². The van der Waals surface area contributed by atoms with E-state index in [1.165, 1.54) is 0 Å². The van der Waals surface area contributed by atoms with Crippen molar-refractivity contribution < 1.29 is 17.1 Å². The summed E-state index contributed by atoms with van der Waals surface area (Å²) in [5.74, 6) is 0.514. The monoisotopic (exact) mass is 647 g/mol. The lowest BCUT2D eigenvalue weighted by Gasteiger charge is -2.09. The number of benzene rings is 7. The summed E-state index contributed by atoms with van der Waals surface area (Å²) < 4.78 is 67.7. The molecule has 0 N–H and O–H groups in total. The Morgan fingerprint density at radius 1 is 0.360 bits per heavy atom. The van der Waals surface area contributed by atoms with Crippen LogP contribution >= 0.6 is 0 Å². The van der Waals surface area contributed by atoms with Crippen LogP contribution in [0, 0.1) is 0 Å². The highest BCUT2D eigenvalue weighted by atomic mass is 16.3. The third kappa shape index (κ3) is 4.75. The molecule has 0 saturated heterocycles. The van der Waals surface area contributed by atoms with Crippen LogP contribution in [0.1, 0.15) is 8.22 Å². The topological polar surface area (TPSA) is 65.0 Å². The first-order valence-electron chi connectivity index (χ1n) is 19.1. The average Bonchev–Trinajstić information content (AvgIpc) is 3.84. The van der Waals surface area contributed by atoms with Gasteiger partial charge < -0.3 is 8.83 Å². The number of fused-ring (bicyclic) bond motifs is 6. The highest BCUT2D eigenvalue weighted by Gasteiger charge is 2.18. The van der Waals surface area contributed by atoms with Gasteiger partial charge in [-0.2, -0.15) is 0 Å². The second kappa shape index (κ2) is 11.4. The molecule has 234 valence electrons. The number of rotatable bonds is 5. The third-order valence-electron chi connectivity index (χ3n) is 8.83. The molecule has 0 aliphatic carbocycles. The smallest absolute Gasteiger partial charge is 0.167 e. The van der Waals surface area contributed by atoms with Crippen LogP contribution in [0.25, 0.3) is 100 Å². The van der Waals surface area contributed by atoms with E-state index in [0.29, 0.717) is 27.9 Å². The van der Waals surface area contributed by atoms with E-state index in [9.17, 15) is 5.48 Å². The summed E-state index contributed by atoms with van der Waals surface area (Å²) in [5.41, 5.74) is 4.98. The molecule has 0 spiro atoms. The molecule has 5 nitrogen and oxygen atoms in total. The molecule has 0 fully saturated rings. The van der Waals surface area contributed by atoms with Crippen LogP contribution < -0.4 is 0 Å². The SMILES string of the molecule is [2H]c1c(-c2ccc(-c3ccccc3)cc2)c([2H])c2c(oc3c([2H])c(-c4nc(-c5ccccc5)nc(-c5cccc6c5oc5ccccc56)n4)c([2H])c([2H])c32)c1[2H]. The first-order chi connectivity index (χ1) is 27.3. The van der Waals surface area contributed by atoms with Gasteiger partial charge in [-0.1, -0.05) is 127 Å². The van der Waals surface area contributed by atoms with Crippen molar-refractivity contribution in [3.05, 3.63) is 164 Å². The largest absolute Gasteiger partial charge is 0.456 e. The minimum absolute atomic E-state index is 0.0228. The van der Waals surface area contributed by atoms with Gasteiger partial charge in [0.2, 0.25) is 0 Å². The molecule has 0 bridgehead atoms. The second-order valence-corrected chi connectivity index (χ2v) is 11.9. The Hall–Kier alpha value is -6.85. The Balaban J connectivity index is 1.19. The van der Waals surface area contributed by atoms with Crippen LogP contribution in [-0.4, -0.2) is 15.0 Å². The van der Waals surface area contributed by atoms with E-state index >= 15 is 0 Å². The molecule has 0 amide bonds. The van der Waals surface area contributed by atoms with Gasteiger partial charge in [0, 0.05) is 32.7 Å². The lowest BCUT2D eigenvalue weighted by atomic mass is 9.99. The highest BCUT2D eigenvalue weighted by molar-refractivity contribution is 6.09. The molecule has 0 atom stereocenters. The zero-order valence-corrected chi connectivity index (χ0v) is 26.3. The first-order valence-corrected chi connectivity index (χ1v) is 16.1. The van der Waals surface area contributed by atoms with E-state index in [0.717, 1.165) is 21.9 Å². The van der Waals surface area contributed by atoms with Gasteiger partial charge in [0.1, 0.15) is 22.3 Å². The summed E-state index contributed by atoms with van der Waals surface area (Å²) in [6, 6.07) is 38.4. The van der Waals surface area contributed by atoms with Crippen molar-refractivity contribution in [3.8, 4) is 56.4 Å². The zero-order chi connectivity index (χ0) is 38.2. The molecule has 0 saturated carbocycles. The van der Waals surface area contributed by atoms with Gasteiger partial charge in [0.05, 0.1) is 13.8 Å². The summed E-state index contributed by atoms with van der Waals surface area (Å²) in [7, 11) is 0. The Labute approximate surface area is 295 Å². The average molecular weight is 648 g/mol. The first kappa shape index (κ1) is 22.7. The summed E-state index contributed by atoms with van der Waals surface area (Å²) in [6.45, 7) is 0. The quantitative estimate of drug-likeness (QED) is 0.186. The fourth-order valence-electron chi connectivity index (χ4n) is 6.35. The Morgan fingerprint density at radius 2 is 0.980 bits per heavy atom. The molecule has 10 aromatic rings. The van der Waals surface area contributed by atoms with Gasteiger partial charge in [-0.25, -0.2) is 15.0 Å². The number of hydrogen-bond acceptors (Lipinski definition) is 5. The van der Waals surface area contributed by atoms with Crippen LogP contribution in [0.4, 0.5) is 0 Å². The number of hydrogen-bond donors (Lipinski definition) is 0. The molecule has 50 heavy (non-hydrogen) atoms. The van der Waals surface area contributed by atoms with Crippen LogP contribution in [0.3, 0.4) is 0 Å². The van der Waals surface area contributed by atoms with E-state index in [1.54, 1.807) is 12.1 Å². The predicted octanol–water partition coefficient (Wildman–Crippen LogP) is 12.0. The van der Waals surface area contributed by atoms with Gasteiger partial charge in [-0.15, -0.1) is 0 Å². The number of furan rings is 2. The standard InChI is InChI=1S/C45H27N3O2/c1-3-10-28(11-4-1)29-18-20-30(21-19-29)32-23-25-40-38(26-32)35-24-22-33(27-41(35)49-40)44-46-43(31-12-5-2-6-13-31)47-45(48-44)37-16-9-15-36-34-14-7-8-17-39(34)50-42(36)37/h1-27H/i22D,23D,24D,25D,26D,27D. The van der Waals surface area contributed by atoms with Crippen molar-refractivity contribution in [2.75, 3.05) is 0 Å². The number of nitrogens with zero attached hydrogens (tertiary/aromatic N) is 3. The number of aromatic nitrogens is 3. The van der Waals surface area contributed by atoms with Crippen molar-refractivity contribution in [3.63, 3.8) is 0 Å². The molecule has 0 aliphatic heterocycles. The van der Waals surface area contributed by atoms with Gasteiger partial charge in [0.15, 0.2) is 17.5 Å². The highest BCUT2D eigenvalue weighted by Crippen LogP contribution is 2.38. The lowest BCUT2D eigenvalue weighted by molar-refractivity contribution is 0.668. The summed E-state index contributed by atoms with van der Waals surface area (Å²) >= 11 is 0. The van der Waals surface area contributed by atoms with Gasteiger partial charge >= 0.3 is 0 Å². The maximum absolute atomic E-state index is 9.43. The summed E-state index contributed by atoms with van der Waals surface area (Å²) in [6.07, 6.45) is 0. The van der Waals surface area contributed by atoms with Crippen LogP contribution in [0.2, 0.25) is 0 Å². The normalized spacial score (nSPS) is 13.3. The van der Waals surface area contributed by atoms with E-state index in [1.807, 2.05) is 115 Å². The van der Waals surface area contributed by atoms with E-state index in [-0.39, 0.29) is 86.8 Å². The fraction of sp³-hybridized carbons (Fsp3) is 0. The molecule has 0 aliphatic rings. The molecule has 5 heteroatoms.